The fourth-order valence-electron chi connectivity index (χ4n) is 7.69. The molecule has 5 rings (SSSR count). The van der Waals surface area contributed by atoms with Gasteiger partial charge in [-0.15, -0.1) is 0 Å². The summed E-state index contributed by atoms with van der Waals surface area (Å²) in [6.45, 7) is 0. The minimum atomic E-state index is -5.23. The zero-order chi connectivity index (χ0) is 40.8. The van der Waals surface area contributed by atoms with Crippen molar-refractivity contribution in [1.82, 2.24) is 4.90 Å². The van der Waals surface area contributed by atoms with Gasteiger partial charge in [0.05, 0.1) is 51.1 Å². The van der Waals surface area contributed by atoms with E-state index in [1.165, 1.54) is 38.0 Å². The number of nitrogens with two attached hydrogens (primary N) is 3. The van der Waals surface area contributed by atoms with Gasteiger partial charge in [-0.3, -0.25) is 19.3 Å². The van der Waals surface area contributed by atoms with E-state index in [1.54, 1.807) is 6.07 Å². The summed E-state index contributed by atoms with van der Waals surface area (Å²) < 4.78 is 80.4. The molecule has 15 nitrogen and oxygen atoms in total. The number of alkyl halides is 6. The summed E-state index contributed by atoms with van der Waals surface area (Å²) in [6, 6.07) is 0.00152. The van der Waals surface area contributed by atoms with Crippen LogP contribution in [0, 0.1) is 16.7 Å². The monoisotopic (exact) mass is 766 g/mol. The van der Waals surface area contributed by atoms with E-state index in [0.29, 0.717) is 0 Å². The SMILES string of the molecule is CN(C)c1cc(NC(=O)Nc2cc(C(F)(F)F)cc(C(F)(F)F)c2)c(O)c2c1C[C@@]1(N)C[C@@]3(N)[C@H](N(C)C)C(=O)C(C(N)=O)=C(O)[C@@]3(C#N)C(=O)C1=C2O. The zero-order valence-electron chi connectivity index (χ0n) is 28.6. The van der Waals surface area contributed by atoms with E-state index in [2.05, 4.69) is 5.32 Å². The summed E-state index contributed by atoms with van der Waals surface area (Å²) >= 11 is 0. The Labute approximate surface area is 301 Å². The molecule has 3 amide bonds. The second kappa shape index (κ2) is 12.4. The van der Waals surface area contributed by atoms with Gasteiger partial charge in [0, 0.05) is 25.5 Å². The molecule has 0 bridgehead atoms. The molecule has 11 N–H and O–H groups in total. The predicted octanol–water partition coefficient (Wildman–Crippen LogP) is 2.65. The molecule has 1 saturated carbocycles. The van der Waals surface area contributed by atoms with E-state index in [-0.39, 0.29) is 29.4 Å². The molecule has 0 unspecified atom stereocenters. The first-order valence-electron chi connectivity index (χ1n) is 15.5. The number of anilines is 3. The molecule has 0 aromatic heterocycles. The first-order valence-corrected chi connectivity index (χ1v) is 15.5. The molecule has 21 heteroatoms. The van der Waals surface area contributed by atoms with Crippen LogP contribution in [0.15, 0.2) is 41.2 Å². The fraction of sp³-hybridized carbons (Fsp3) is 0.364. The van der Waals surface area contributed by atoms with E-state index in [1.807, 2.05) is 5.32 Å². The topological polar surface area (TPSA) is 261 Å². The van der Waals surface area contributed by atoms with E-state index in [0.717, 1.165) is 6.07 Å². The maximum absolute atomic E-state index is 14.6. The zero-order valence-corrected chi connectivity index (χ0v) is 28.6. The highest BCUT2D eigenvalue weighted by Crippen LogP contribution is 2.59. The van der Waals surface area contributed by atoms with Crippen LogP contribution in [0.2, 0.25) is 0 Å². The quantitative estimate of drug-likeness (QED) is 0.124. The minimum Gasteiger partial charge on any atom is -0.509 e. The van der Waals surface area contributed by atoms with Crippen molar-refractivity contribution in [1.29, 1.82) is 5.26 Å². The number of rotatable bonds is 5. The van der Waals surface area contributed by atoms with Crippen LogP contribution in [0.25, 0.3) is 5.76 Å². The number of nitrogens with one attached hydrogen (secondary N) is 2. The number of Topliss-reactive ketones (excluding diaryl/α,β-unsaturated/α-hetero) is 2. The summed E-state index contributed by atoms with van der Waals surface area (Å²) in [7, 11) is 5.65. The number of halogens is 6. The highest BCUT2D eigenvalue weighted by Gasteiger charge is 2.74. The number of hydrogen-bond acceptors (Lipinski definition) is 12. The number of fused-ring (bicyclic) bond motifs is 3. The number of ketones is 2. The summed E-state index contributed by atoms with van der Waals surface area (Å²) in [5, 5.41) is 49.1. The second-order valence-electron chi connectivity index (χ2n) is 13.7. The van der Waals surface area contributed by atoms with Crippen molar-refractivity contribution in [3.8, 4) is 11.8 Å². The van der Waals surface area contributed by atoms with Crippen LogP contribution in [-0.2, 0) is 33.2 Å². The Kier molecular flexibility index (Phi) is 9.01. The Balaban J connectivity index is 1.68. The molecule has 3 aliphatic carbocycles. The highest BCUT2D eigenvalue weighted by molar-refractivity contribution is 6.25. The molecule has 288 valence electrons. The number of aliphatic hydroxyl groups is 2. The third-order valence-corrected chi connectivity index (χ3v) is 9.80. The van der Waals surface area contributed by atoms with Crippen molar-refractivity contribution in [3.05, 3.63) is 63.4 Å². The Morgan fingerprint density at radius 3 is 1.96 bits per heavy atom. The van der Waals surface area contributed by atoms with Crippen LogP contribution >= 0.6 is 0 Å². The number of nitrogens with zero attached hydrogens (tertiary/aromatic N) is 3. The number of phenolic OH excluding ortho intramolecular Hbond substituents is 1. The van der Waals surface area contributed by atoms with Crippen LogP contribution in [0.4, 0.5) is 48.2 Å². The largest absolute Gasteiger partial charge is 0.509 e. The van der Waals surface area contributed by atoms with Gasteiger partial charge in [0.15, 0.2) is 22.7 Å². The number of primary amides is 1. The normalized spacial score (nSPS) is 25.4. The number of nitriles is 1. The fourth-order valence-corrected chi connectivity index (χ4v) is 7.69. The molecule has 54 heavy (non-hydrogen) atoms. The highest BCUT2D eigenvalue weighted by atomic mass is 19.4. The first kappa shape index (κ1) is 39.4. The molecular formula is C33H32F6N8O7. The number of carbonyl (C=O) groups excluding carboxylic acids is 4. The van der Waals surface area contributed by atoms with Crippen molar-refractivity contribution in [3.63, 3.8) is 0 Å². The molecule has 0 spiro atoms. The van der Waals surface area contributed by atoms with Crippen LogP contribution in [-0.4, -0.2) is 89.0 Å². The minimum absolute atomic E-state index is 0.0295. The average molecular weight is 767 g/mol. The number of urea groups is 1. The first-order chi connectivity index (χ1) is 24.7. The average Bonchev–Trinajstić information content (AvgIpc) is 3.00. The Morgan fingerprint density at radius 2 is 1.50 bits per heavy atom. The lowest BCUT2D eigenvalue weighted by Gasteiger charge is -2.58. The number of carbonyl (C=O) groups is 4. The van der Waals surface area contributed by atoms with Crippen molar-refractivity contribution in [2.24, 2.45) is 22.6 Å². The van der Waals surface area contributed by atoms with Gasteiger partial charge in [-0.05, 0) is 56.8 Å². The molecule has 0 heterocycles. The molecule has 0 aliphatic heterocycles. The van der Waals surface area contributed by atoms with Gasteiger partial charge < -0.3 is 48.1 Å². The molecule has 4 atom stereocenters. The van der Waals surface area contributed by atoms with Gasteiger partial charge >= 0.3 is 18.4 Å². The van der Waals surface area contributed by atoms with Crippen LogP contribution < -0.4 is 32.7 Å². The number of benzene rings is 2. The summed E-state index contributed by atoms with van der Waals surface area (Å²) in [6.07, 6.45) is -11.6. The molecule has 1 fully saturated rings. The van der Waals surface area contributed by atoms with E-state index < -0.39 is 128 Å². The van der Waals surface area contributed by atoms with E-state index >= 15 is 0 Å². The van der Waals surface area contributed by atoms with E-state index in [4.69, 9.17) is 17.2 Å². The molecular weight excluding hydrogens is 734 g/mol. The lowest BCUT2D eigenvalue weighted by Crippen LogP contribution is -2.80. The van der Waals surface area contributed by atoms with Crippen molar-refractivity contribution in [2.45, 2.75) is 42.3 Å². The van der Waals surface area contributed by atoms with Crippen LogP contribution in [0.3, 0.4) is 0 Å². The third kappa shape index (κ3) is 5.64. The molecule has 3 aliphatic rings. The lowest BCUT2D eigenvalue weighted by atomic mass is 9.47. The number of phenols is 1. The van der Waals surface area contributed by atoms with Gasteiger partial charge in [0.1, 0.15) is 17.1 Å². The van der Waals surface area contributed by atoms with E-state index in [9.17, 15) is 66.1 Å². The van der Waals surface area contributed by atoms with Crippen molar-refractivity contribution < 1.29 is 60.8 Å². The summed E-state index contributed by atoms with van der Waals surface area (Å²) in [4.78, 5) is 56.2. The summed E-state index contributed by atoms with van der Waals surface area (Å²) in [5.74, 6) is -7.48. The van der Waals surface area contributed by atoms with Crippen LogP contribution in [0.5, 0.6) is 5.75 Å². The van der Waals surface area contributed by atoms with Crippen LogP contribution in [0.1, 0.15) is 28.7 Å². The number of hydrogen-bond donors (Lipinski definition) is 8. The lowest BCUT2D eigenvalue weighted by molar-refractivity contribution is -0.143. The van der Waals surface area contributed by atoms with Gasteiger partial charge in [0.2, 0.25) is 0 Å². The van der Waals surface area contributed by atoms with Gasteiger partial charge in [-0.25, -0.2) is 4.79 Å². The maximum atomic E-state index is 14.6. The Hall–Kier alpha value is -5.85. The molecule has 2 aromatic carbocycles. The third-order valence-electron chi connectivity index (χ3n) is 9.80. The standard InChI is InChI=1S/C33H32F6N8O7/c1-46(2)17-8-16(45-28(54)44-14-6-12(32(34,35)36)5-13(7-14)33(37,38)39)21(48)18-15(17)9-29(42)10-31(43)24(47(3)4)23(50)19(27(41)53)25(51)30(31,11-40)26(52)20(29)22(18)49/h5-8,24,48-49,51H,9-10,42-43H2,1-4H3,(H2,41,53)(H2,44,45,54)/t24-,29-,30+,31-/m1/s1. The number of amides is 3. The molecule has 0 saturated heterocycles. The van der Waals surface area contributed by atoms with Gasteiger partial charge in [-0.2, -0.15) is 31.6 Å². The maximum Gasteiger partial charge on any atom is 0.416 e. The summed E-state index contributed by atoms with van der Waals surface area (Å²) in [5.41, 5.74) is 4.43. The molecule has 0 radical (unpaired) electrons. The predicted molar refractivity (Wildman–Crippen MR) is 178 cm³/mol. The number of aromatic hydroxyl groups is 1. The van der Waals surface area contributed by atoms with Crippen molar-refractivity contribution >= 4 is 46.3 Å². The van der Waals surface area contributed by atoms with Gasteiger partial charge in [-0.1, -0.05) is 0 Å². The molecule has 2 aromatic rings. The van der Waals surface area contributed by atoms with Crippen molar-refractivity contribution in [2.75, 3.05) is 43.7 Å². The second-order valence-corrected chi connectivity index (χ2v) is 13.7. The Morgan fingerprint density at radius 1 is 0.944 bits per heavy atom. The number of aliphatic hydroxyl groups excluding tert-OH is 2. The van der Waals surface area contributed by atoms with Gasteiger partial charge in [0.25, 0.3) is 5.91 Å². The Bertz CT molecular complexity index is 2130. The smallest absolute Gasteiger partial charge is 0.416 e. The number of likely N-dealkylation sites (N-methyl/N-ethyl adjacent to an activating group) is 1.